The van der Waals surface area contributed by atoms with Crippen molar-refractivity contribution in [2.24, 2.45) is 7.05 Å². The Morgan fingerprint density at radius 1 is 1.50 bits per heavy atom. The molecule has 20 heavy (non-hydrogen) atoms. The molecule has 0 amide bonds. The number of aromatic nitrogens is 3. The summed E-state index contributed by atoms with van der Waals surface area (Å²) in [6, 6.07) is 0. The van der Waals surface area contributed by atoms with E-state index in [1.807, 2.05) is 6.26 Å². The molecule has 0 bridgehead atoms. The van der Waals surface area contributed by atoms with E-state index in [4.69, 9.17) is 10.5 Å². The summed E-state index contributed by atoms with van der Waals surface area (Å²) in [5, 5.41) is 4.23. The van der Waals surface area contributed by atoms with E-state index >= 15 is 0 Å². The predicted octanol–water partition coefficient (Wildman–Crippen LogP) is 1.49. The van der Waals surface area contributed by atoms with E-state index in [2.05, 4.69) is 15.3 Å². The molecule has 0 aliphatic heterocycles. The molecule has 0 spiro atoms. The van der Waals surface area contributed by atoms with Gasteiger partial charge in [-0.3, -0.25) is 0 Å². The molecule has 0 aliphatic rings. The fourth-order valence-corrected chi connectivity index (χ4v) is 2.40. The first-order valence-electron chi connectivity index (χ1n) is 6.09. The van der Waals surface area contributed by atoms with Gasteiger partial charge in [-0.1, -0.05) is 11.8 Å². The van der Waals surface area contributed by atoms with Crippen LogP contribution in [0.25, 0.3) is 11.0 Å². The van der Waals surface area contributed by atoms with E-state index in [1.54, 1.807) is 25.6 Å². The SMILES string of the molecule is CCOC(=O)c1c(N)c2c(NC)nc(SC)nc2n1C. The molecule has 7 nitrogen and oxygen atoms in total. The van der Waals surface area contributed by atoms with Crippen LogP contribution in [0.1, 0.15) is 17.4 Å². The summed E-state index contributed by atoms with van der Waals surface area (Å²) in [5.41, 5.74) is 7.32. The second kappa shape index (κ2) is 5.58. The number of anilines is 2. The van der Waals surface area contributed by atoms with Crippen LogP contribution in [0.3, 0.4) is 0 Å². The molecule has 2 heterocycles. The first-order chi connectivity index (χ1) is 9.54. The molecule has 3 N–H and O–H groups in total. The minimum Gasteiger partial charge on any atom is -0.461 e. The van der Waals surface area contributed by atoms with Gasteiger partial charge in [0.2, 0.25) is 0 Å². The van der Waals surface area contributed by atoms with Crippen LogP contribution in [0.4, 0.5) is 11.5 Å². The maximum absolute atomic E-state index is 12.0. The van der Waals surface area contributed by atoms with Gasteiger partial charge in [0.05, 0.1) is 17.7 Å². The Bertz CT molecular complexity index is 668. The first kappa shape index (κ1) is 14.4. The van der Waals surface area contributed by atoms with Gasteiger partial charge in [0.1, 0.15) is 11.5 Å². The van der Waals surface area contributed by atoms with Crippen molar-refractivity contribution in [3.05, 3.63) is 5.69 Å². The predicted molar refractivity (Wildman–Crippen MR) is 80.2 cm³/mol. The lowest BCUT2D eigenvalue weighted by atomic mass is 10.3. The van der Waals surface area contributed by atoms with Crippen LogP contribution in [0.5, 0.6) is 0 Å². The number of nitrogens with zero attached hydrogens (tertiary/aromatic N) is 3. The van der Waals surface area contributed by atoms with Crippen LogP contribution >= 0.6 is 11.8 Å². The molecule has 0 fully saturated rings. The van der Waals surface area contributed by atoms with Gasteiger partial charge in [0.15, 0.2) is 10.9 Å². The Hall–Kier alpha value is -1.96. The van der Waals surface area contributed by atoms with Crippen LogP contribution in [0.15, 0.2) is 5.16 Å². The van der Waals surface area contributed by atoms with Gasteiger partial charge in [0, 0.05) is 14.1 Å². The average molecular weight is 295 g/mol. The number of aryl methyl sites for hydroxylation is 1. The molecular weight excluding hydrogens is 278 g/mol. The van der Waals surface area contributed by atoms with Crippen LogP contribution in [0, 0.1) is 0 Å². The fraction of sp³-hybridized carbons (Fsp3) is 0.417. The molecule has 0 atom stereocenters. The van der Waals surface area contributed by atoms with E-state index in [0.717, 1.165) is 0 Å². The molecular formula is C12H17N5O2S. The zero-order chi connectivity index (χ0) is 14.9. The van der Waals surface area contributed by atoms with E-state index in [9.17, 15) is 4.79 Å². The number of fused-ring (bicyclic) bond motifs is 1. The quantitative estimate of drug-likeness (QED) is 0.501. The minimum atomic E-state index is -0.460. The summed E-state index contributed by atoms with van der Waals surface area (Å²) in [4.78, 5) is 20.8. The number of hydrogen-bond donors (Lipinski definition) is 2. The highest BCUT2D eigenvalue weighted by molar-refractivity contribution is 7.98. The first-order valence-corrected chi connectivity index (χ1v) is 7.32. The van der Waals surface area contributed by atoms with Gasteiger partial charge in [0.25, 0.3) is 0 Å². The van der Waals surface area contributed by atoms with E-state index in [-0.39, 0.29) is 0 Å². The summed E-state index contributed by atoms with van der Waals surface area (Å²) in [6.45, 7) is 2.04. The van der Waals surface area contributed by atoms with Gasteiger partial charge in [-0.25, -0.2) is 14.8 Å². The van der Waals surface area contributed by atoms with Gasteiger partial charge in [-0.15, -0.1) is 0 Å². The third-order valence-electron chi connectivity index (χ3n) is 2.94. The van der Waals surface area contributed by atoms with Gasteiger partial charge >= 0.3 is 5.97 Å². The summed E-state index contributed by atoms with van der Waals surface area (Å²) in [6.07, 6.45) is 1.89. The minimum absolute atomic E-state index is 0.292. The Balaban J connectivity index is 2.77. The maximum Gasteiger partial charge on any atom is 0.357 e. The topological polar surface area (TPSA) is 95.1 Å². The van der Waals surface area contributed by atoms with E-state index in [0.29, 0.717) is 40.0 Å². The third kappa shape index (κ3) is 2.15. The molecule has 0 aromatic carbocycles. The molecule has 0 saturated heterocycles. The number of hydrogen-bond acceptors (Lipinski definition) is 7. The number of thioether (sulfide) groups is 1. The summed E-state index contributed by atoms with van der Waals surface area (Å²) < 4.78 is 6.68. The second-order valence-electron chi connectivity index (χ2n) is 4.05. The number of carbonyl (C=O) groups is 1. The number of esters is 1. The normalized spacial score (nSPS) is 10.8. The molecule has 2 aromatic heterocycles. The number of ether oxygens (including phenoxy) is 1. The lowest BCUT2D eigenvalue weighted by Gasteiger charge is -2.04. The highest BCUT2D eigenvalue weighted by Gasteiger charge is 2.24. The van der Waals surface area contributed by atoms with Crippen LogP contribution in [0.2, 0.25) is 0 Å². The molecule has 108 valence electrons. The Morgan fingerprint density at radius 3 is 2.75 bits per heavy atom. The second-order valence-corrected chi connectivity index (χ2v) is 4.82. The molecule has 2 rings (SSSR count). The van der Waals surface area contributed by atoms with Crippen molar-refractivity contribution >= 4 is 40.3 Å². The monoisotopic (exact) mass is 295 g/mol. The summed E-state index contributed by atoms with van der Waals surface area (Å²) in [5.74, 6) is 0.140. The molecule has 0 unspecified atom stereocenters. The Labute approximate surface area is 120 Å². The standard InChI is InChI=1S/C12H17N5O2S/c1-5-19-11(18)8-7(13)6-9(14-2)15-12(20-4)16-10(6)17(8)3/h5,13H2,1-4H3,(H,14,15,16). The molecule has 0 saturated carbocycles. The van der Waals surface area contributed by atoms with Crippen LogP contribution in [-0.2, 0) is 11.8 Å². The smallest absolute Gasteiger partial charge is 0.357 e. The van der Waals surface area contributed by atoms with Gasteiger partial charge in [-0.05, 0) is 13.2 Å². The van der Waals surface area contributed by atoms with Crippen molar-refractivity contribution < 1.29 is 9.53 Å². The van der Waals surface area contributed by atoms with E-state index < -0.39 is 5.97 Å². The molecule has 0 aliphatic carbocycles. The highest BCUT2D eigenvalue weighted by atomic mass is 32.2. The van der Waals surface area contributed by atoms with Crippen LogP contribution < -0.4 is 11.1 Å². The zero-order valence-electron chi connectivity index (χ0n) is 11.9. The number of nitrogens with one attached hydrogen (secondary N) is 1. The summed E-state index contributed by atoms with van der Waals surface area (Å²) >= 11 is 1.42. The molecule has 0 radical (unpaired) electrons. The molecule has 2 aromatic rings. The van der Waals surface area contributed by atoms with Crippen LogP contribution in [-0.4, -0.2) is 40.4 Å². The number of carbonyl (C=O) groups excluding carboxylic acids is 1. The van der Waals surface area contributed by atoms with Crippen molar-refractivity contribution in [3.8, 4) is 0 Å². The highest BCUT2D eigenvalue weighted by Crippen LogP contribution is 2.33. The maximum atomic E-state index is 12.0. The fourth-order valence-electron chi connectivity index (χ4n) is 2.04. The lowest BCUT2D eigenvalue weighted by Crippen LogP contribution is -2.12. The van der Waals surface area contributed by atoms with Crippen molar-refractivity contribution in [1.82, 2.24) is 14.5 Å². The lowest BCUT2D eigenvalue weighted by molar-refractivity contribution is 0.0517. The zero-order valence-corrected chi connectivity index (χ0v) is 12.7. The van der Waals surface area contributed by atoms with Gasteiger partial charge < -0.3 is 20.4 Å². The number of nitrogens with two attached hydrogens (primary N) is 1. The summed E-state index contributed by atoms with van der Waals surface area (Å²) in [7, 11) is 3.49. The van der Waals surface area contributed by atoms with Crippen molar-refractivity contribution in [2.45, 2.75) is 12.1 Å². The van der Waals surface area contributed by atoms with E-state index in [1.165, 1.54) is 11.8 Å². The largest absolute Gasteiger partial charge is 0.461 e. The average Bonchev–Trinajstić information content (AvgIpc) is 2.70. The Morgan fingerprint density at radius 2 is 2.20 bits per heavy atom. The number of nitrogen functional groups attached to an aromatic ring is 1. The van der Waals surface area contributed by atoms with Crippen molar-refractivity contribution in [3.63, 3.8) is 0 Å². The van der Waals surface area contributed by atoms with Gasteiger partial charge in [-0.2, -0.15) is 0 Å². The van der Waals surface area contributed by atoms with Crippen molar-refractivity contribution in [2.75, 3.05) is 31.0 Å². The molecule has 8 heteroatoms. The number of rotatable bonds is 4. The third-order valence-corrected chi connectivity index (χ3v) is 3.48. The van der Waals surface area contributed by atoms with Crippen molar-refractivity contribution in [1.29, 1.82) is 0 Å². The Kier molecular flexibility index (Phi) is 4.03.